The third kappa shape index (κ3) is 2.61. The molecule has 0 spiro atoms. The Labute approximate surface area is 108 Å². The SMILES string of the molecule is c1cc(CNCC2CCC2)c2c(c1)OCCCO2. The Hall–Kier alpha value is -1.22. The number of ether oxygens (including phenoxy) is 2. The second-order valence-electron chi connectivity index (χ2n) is 5.22. The fraction of sp³-hybridized carbons (Fsp3) is 0.600. The van der Waals surface area contributed by atoms with E-state index in [-0.39, 0.29) is 0 Å². The standard InChI is InChI=1S/C15H21NO2/c1-4-12(5-1)10-16-11-13-6-2-7-14-15(13)18-9-3-8-17-14/h2,6-7,12,16H,1,3-5,8-11H2. The van der Waals surface area contributed by atoms with E-state index >= 15 is 0 Å². The van der Waals surface area contributed by atoms with E-state index in [1.807, 2.05) is 12.1 Å². The van der Waals surface area contributed by atoms with Crippen molar-refractivity contribution in [2.45, 2.75) is 32.2 Å². The topological polar surface area (TPSA) is 30.5 Å². The van der Waals surface area contributed by atoms with Crippen molar-refractivity contribution in [2.24, 2.45) is 5.92 Å². The predicted octanol–water partition coefficient (Wildman–Crippen LogP) is 2.74. The number of nitrogens with one attached hydrogen (secondary N) is 1. The van der Waals surface area contributed by atoms with E-state index in [0.29, 0.717) is 0 Å². The number of hydrogen-bond acceptors (Lipinski definition) is 3. The van der Waals surface area contributed by atoms with Crippen molar-refractivity contribution in [1.82, 2.24) is 5.32 Å². The maximum absolute atomic E-state index is 5.81. The van der Waals surface area contributed by atoms with Gasteiger partial charge in [-0.2, -0.15) is 0 Å². The fourth-order valence-electron chi connectivity index (χ4n) is 2.50. The molecule has 3 heteroatoms. The molecule has 0 atom stereocenters. The van der Waals surface area contributed by atoms with Crippen LogP contribution in [0.2, 0.25) is 0 Å². The molecule has 0 bridgehead atoms. The maximum Gasteiger partial charge on any atom is 0.165 e. The van der Waals surface area contributed by atoms with Gasteiger partial charge in [-0.1, -0.05) is 18.6 Å². The fourth-order valence-corrected chi connectivity index (χ4v) is 2.50. The minimum atomic E-state index is 0.756. The van der Waals surface area contributed by atoms with Gasteiger partial charge in [0.05, 0.1) is 13.2 Å². The minimum absolute atomic E-state index is 0.756. The van der Waals surface area contributed by atoms with Crippen LogP contribution in [0, 0.1) is 5.92 Å². The summed E-state index contributed by atoms with van der Waals surface area (Å²) in [4.78, 5) is 0. The van der Waals surface area contributed by atoms with Crippen LogP contribution in [0.3, 0.4) is 0 Å². The van der Waals surface area contributed by atoms with E-state index in [4.69, 9.17) is 9.47 Å². The van der Waals surface area contributed by atoms with Gasteiger partial charge < -0.3 is 14.8 Å². The van der Waals surface area contributed by atoms with Crippen LogP contribution >= 0.6 is 0 Å². The van der Waals surface area contributed by atoms with Crippen LogP contribution in [0.25, 0.3) is 0 Å². The average Bonchev–Trinajstić information content (AvgIpc) is 2.58. The molecule has 1 N–H and O–H groups in total. The Balaban J connectivity index is 1.63. The normalized spacial score (nSPS) is 19.1. The van der Waals surface area contributed by atoms with Crippen LogP contribution in [0.15, 0.2) is 18.2 Å². The number of rotatable bonds is 4. The van der Waals surface area contributed by atoms with Crippen LogP contribution in [-0.2, 0) is 6.54 Å². The molecule has 3 nitrogen and oxygen atoms in total. The Bertz CT molecular complexity index is 401. The number of para-hydroxylation sites is 1. The monoisotopic (exact) mass is 247 g/mol. The van der Waals surface area contributed by atoms with Gasteiger partial charge in [0.2, 0.25) is 0 Å². The Kier molecular flexibility index (Phi) is 3.69. The Morgan fingerprint density at radius 3 is 2.83 bits per heavy atom. The molecular formula is C15H21NO2. The van der Waals surface area contributed by atoms with Crippen LogP contribution in [0.5, 0.6) is 11.5 Å². The Morgan fingerprint density at radius 1 is 1.11 bits per heavy atom. The second kappa shape index (κ2) is 5.61. The number of benzene rings is 1. The predicted molar refractivity (Wildman–Crippen MR) is 71.1 cm³/mol. The first-order chi connectivity index (χ1) is 8.93. The van der Waals surface area contributed by atoms with E-state index in [1.54, 1.807) is 0 Å². The highest BCUT2D eigenvalue weighted by Crippen LogP contribution is 2.33. The first-order valence-electron chi connectivity index (χ1n) is 7.02. The van der Waals surface area contributed by atoms with Gasteiger partial charge >= 0.3 is 0 Å². The molecule has 1 saturated carbocycles. The zero-order valence-electron chi connectivity index (χ0n) is 10.8. The van der Waals surface area contributed by atoms with E-state index in [0.717, 1.165) is 50.1 Å². The summed E-state index contributed by atoms with van der Waals surface area (Å²) < 4.78 is 11.5. The second-order valence-corrected chi connectivity index (χ2v) is 5.22. The first-order valence-corrected chi connectivity index (χ1v) is 7.02. The summed E-state index contributed by atoms with van der Waals surface area (Å²) in [6.45, 7) is 3.52. The van der Waals surface area contributed by atoms with Gasteiger partial charge in [-0.05, 0) is 31.4 Å². The highest BCUT2D eigenvalue weighted by molar-refractivity contribution is 5.47. The summed E-state index contributed by atoms with van der Waals surface area (Å²) in [5.74, 6) is 2.73. The summed E-state index contributed by atoms with van der Waals surface area (Å²) in [6, 6.07) is 6.17. The average molecular weight is 247 g/mol. The van der Waals surface area contributed by atoms with E-state index < -0.39 is 0 Å². The van der Waals surface area contributed by atoms with Crippen molar-refractivity contribution in [3.8, 4) is 11.5 Å². The molecule has 3 rings (SSSR count). The minimum Gasteiger partial charge on any atom is -0.490 e. The molecule has 1 aliphatic heterocycles. The lowest BCUT2D eigenvalue weighted by molar-refractivity contribution is 0.292. The quantitative estimate of drug-likeness (QED) is 0.887. The lowest BCUT2D eigenvalue weighted by Crippen LogP contribution is -2.27. The summed E-state index contributed by atoms with van der Waals surface area (Å²) in [6.07, 6.45) is 5.15. The molecule has 0 aromatic heterocycles. The van der Waals surface area contributed by atoms with Crippen LogP contribution < -0.4 is 14.8 Å². The van der Waals surface area contributed by atoms with Gasteiger partial charge in [0, 0.05) is 18.5 Å². The highest BCUT2D eigenvalue weighted by Gasteiger charge is 2.18. The number of fused-ring (bicyclic) bond motifs is 1. The molecule has 1 aliphatic carbocycles. The zero-order valence-corrected chi connectivity index (χ0v) is 10.8. The third-order valence-corrected chi connectivity index (χ3v) is 3.83. The van der Waals surface area contributed by atoms with Gasteiger partial charge in [0.25, 0.3) is 0 Å². The summed E-state index contributed by atoms with van der Waals surface area (Å²) >= 11 is 0. The smallest absolute Gasteiger partial charge is 0.165 e. The van der Waals surface area contributed by atoms with Crippen LogP contribution in [0.1, 0.15) is 31.2 Å². The van der Waals surface area contributed by atoms with Crippen molar-refractivity contribution in [3.63, 3.8) is 0 Å². The van der Waals surface area contributed by atoms with Crippen LogP contribution in [-0.4, -0.2) is 19.8 Å². The molecular weight excluding hydrogens is 226 g/mol. The lowest BCUT2D eigenvalue weighted by Gasteiger charge is -2.25. The summed E-state index contributed by atoms with van der Waals surface area (Å²) in [5, 5.41) is 3.54. The Morgan fingerprint density at radius 2 is 2.00 bits per heavy atom. The summed E-state index contributed by atoms with van der Waals surface area (Å²) in [5.41, 5.74) is 1.22. The first kappa shape index (κ1) is 11.8. The third-order valence-electron chi connectivity index (χ3n) is 3.83. The van der Waals surface area contributed by atoms with Gasteiger partial charge in [-0.3, -0.25) is 0 Å². The van der Waals surface area contributed by atoms with Crippen molar-refractivity contribution in [2.75, 3.05) is 19.8 Å². The molecule has 0 unspecified atom stereocenters. The zero-order chi connectivity index (χ0) is 12.2. The lowest BCUT2D eigenvalue weighted by atomic mass is 9.85. The van der Waals surface area contributed by atoms with Crippen molar-refractivity contribution in [1.29, 1.82) is 0 Å². The molecule has 1 fully saturated rings. The molecule has 0 radical (unpaired) electrons. The van der Waals surface area contributed by atoms with Crippen molar-refractivity contribution < 1.29 is 9.47 Å². The van der Waals surface area contributed by atoms with Crippen molar-refractivity contribution in [3.05, 3.63) is 23.8 Å². The van der Waals surface area contributed by atoms with E-state index in [2.05, 4.69) is 11.4 Å². The van der Waals surface area contributed by atoms with E-state index in [9.17, 15) is 0 Å². The van der Waals surface area contributed by atoms with Gasteiger partial charge in [-0.25, -0.2) is 0 Å². The maximum atomic E-state index is 5.81. The highest BCUT2D eigenvalue weighted by atomic mass is 16.5. The molecule has 18 heavy (non-hydrogen) atoms. The molecule has 2 aliphatic rings. The van der Waals surface area contributed by atoms with Gasteiger partial charge in [0.1, 0.15) is 0 Å². The molecule has 1 aromatic carbocycles. The molecule has 98 valence electrons. The molecule has 0 saturated heterocycles. The largest absolute Gasteiger partial charge is 0.490 e. The molecule has 1 heterocycles. The number of hydrogen-bond donors (Lipinski definition) is 1. The van der Waals surface area contributed by atoms with Crippen molar-refractivity contribution >= 4 is 0 Å². The van der Waals surface area contributed by atoms with Gasteiger partial charge in [-0.15, -0.1) is 0 Å². The molecule has 0 amide bonds. The van der Waals surface area contributed by atoms with E-state index in [1.165, 1.54) is 24.8 Å². The van der Waals surface area contributed by atoms with Gasteiger partial charge in [0.15, 0.2) is 11.5 Å². The summed E-state index contributed by atoms with van der Waals surface area (Å²) in [7, 11) is 0. The van der Waals surface area contributed by atoms with Crippen LogP contribution in [0.4, 0.5) is 0 Å². The molecule has 1 aromatic rings.